The number of benzene rings is 3. The van der Waals surface area contributed by atoms with Crippen molar-refractivity contribution in [2.45, 2.75) is 218 Å². The molecule has 0 saturated heterocycles. The predicted molar refractivity (Wildman–Crippen MR) is 317 cm³/mol. The zero-order valence-corrected chi connectivity index (χ0v) is 48.7. The van der Waals surface area contributed by atoms with Gasteiger partial charge in [0.2, 0.25) is 18.5 Å². The van der Waals surface area contributed by atoms with Gasteiger partial charge in [-0.25, -0.2) is 4.79 Å². The summed E-state index contributed by atoms with van der Waals surface area (Å²) < 4.78 is 32.7. The fourth-order valence-corrected chi connectivity index (χ4v) is 12.8. The number of hydrogen-bond donors (Lipinski definition) is 3. The molecule has 80 heavy (non-hydrogen) atoms. The maximum Gasteiger partial charge on any atom is 0.412 e. The second kappa shape index (κ2) is 34.2. The van der Waals surface area contributed by atoms with Crippen molar-refractivity contribution < 1.29 is 48.3 Å². The van der Waals surface area contributed by atoms with Crippen LogP contribution in [0.5, 0.6) is 23.0 Å². The zero-order chi connectivity index (χ0) is 56.2. The summed E-state index contributed by atoms with van der Waals surface area (Å²) in [5.41, 5.74) is 4.40. The minimum Gasteiger partial charge on any atom is -0.459 e. The molecule has 1 saturated carbocycles. The van der Waals surface area contributed by atoms with E-state index in [-0.39, 0.29) is 69.8 Å². The summed E-state index contributed by atoms with van der Waals surface area (Å²) in [6, 6.07) is 20.8. The number of fused-ring (bicyclic) bond motifs is 3. The first-order valence-corrected chi connectivity index (χ1v) is 31.2. The molecule has 1 fully saturated rings. The maximum atomic E-state index is 15.5. The molecule has 13 nitrogen and oxygen atoms in total. The van der Waals surface area contributed by atoms with Crippen LogP contribution in [0.4, 0.5) is 4.79 Å². The largest absolute Gasteiger partial charge is 0.459 e. The van der Waals surface area contributed by atoms with Gasteiger partial charge in [0.15, 0.2) is 11.5 Å². The molecular formula is C67H97N3O10. The summed E-state index contributed by atoms with van der Waals surface area (Å²) in [5, 5.41) is 28.4. The van der Waals surface area contributed by atoms with Crippen molar-refractivity contribution in [1.29, 1.82) is 0 Å². The van der Waals surface area contributed by atoms with Crippen LogP contribution in [-0.4, -0.2) is 77.8 Å². The standard InChI is InChI=1S/C67H97N3O10/c1-4-7-9-11-13-15-17-19-21-28-40-68-66(74)79-54-37-39-59-57(46-54)64-55(34-27-30-42-72)53(33-26-29-41-71)45-56-58(69-78-49-51-31-23-22-24-32-51)47-62(67(80-59,65(56)64)77-43-6-3)70(48-52-36-38-60-61(44-52)76-50-75-60)63(73)35-25-20-18-16-14-12-10-8-5-2/h6,22-24,31-32,36-39,44-46,53,55,62,64-65,71-72H,3-5,7-21,25-30,33-35,40-43,47-50H2,1-2H3,(H,68,74). The molecule has 3 aromatic rings. The number of carbonyl (C=O) groups excluding carboxylic acids is 2. The topological polar surface area (TPSA) is 158 Å². The number of hydrogen-bond acceptors (Lipinski definition) is 11. The number of carbonyl (C=O) groups is 2. The lowest BCUT2D eigenvalue weighted by Crippen LogP contribution is -2.70. The molecule has 6 atom stereocenters. The third kappa shape index (κ3) is 17.8. The SMILES string of the molecule is C=CCOC12Oc3ccc(OC(=O)NCCCCCCCCCCCC)cc3C3C(CCCCO)C(CCCCO)C=C(C(=NOCc4ccccc4)CC1N(Cc1ccc4c(c1)OCO4)C(=O)CCCCCCCCCCC)C32. The fraction of sp³-hybridized carbons (Fsp3) is 0.627. The molecule has 13 heteroatoms. The van der Waals surface area contributed by atoms with Gasteiger partial charge in [-0.15, -0.1) is 6.58 Å². The number of aliphatic hydroxyl groups excluding tert-OH is 2. The smallest absolute Gasteiger partial charge is 0.412 e. The Balaban J connectivity index is 1.27. The number of nitrogens with one attached hydrogen (secondary N) is 1. The van der Waals surface area contributed by atoms with Crippen LogP contribution < -0.4 is 24.3 Å². The van der Waals surface area contributed by atoms with Crippen LogP contribution in [0.15, 0.2) is 96.2 Å². The number of nitrogens with zero attached hydrogens (tertiary/aromatic N) is 2. The molecule has 0 spiro atoms. The minimum absolute atomic E-state index is 0.00557. The number of rotatable bonds is 39. The summed E-state index contributed by atoms with van der Waals surface area (Å²) in [6.07, 6.45) is 30.9. The van der Waals surface area contributed by atoms with Crippen LogP contribution in [0.25, 0.3) is 0 Å². The Kier molecular flexibility index (Phi) is 26.6. The van der Waals surface area contributed by atoms with E-state index in [1.807, 2.05) is 65.6 Å². The summed E-state index contributed by atoms with van der Waals surface area (Å²) in [6.45, 7) is 10.1. The van der Waals surface area contributed by atoms with Crippen LogP contribution >= 0.6 is 0 Å². The molecule has 3 N–H and O–H groups in total. The highest BCUT2D eigenvalue weighted by Gasteiger charge is 2.65. The highest BCUT2D eigenvalue weighted by Crippen LogP contribution is 2.62. The second-order valence-corrected chi connectivity index (χ2v) is 22.8. The van der Waals surface area contributed by atoms with Crippen LogP contribution in [0.1, 0.15) is 210 Å². The van der Waals surface area contributed by atoms with E-state index < -0.39 is 23.8 Å². The summed E-state index contributed by atoms with van der Waals surface area (Å²) in [4.78, 5) is 37.4. The first kappa shape index (κ1) is 62.2. The fourth-order valence-electron chi connectivity index (χ4n) is 12.8. The Morgan fingerprint density at radius 1 is 0.738 bits per heavy atom. The Morgan fingerprint density at radius 2 is 1.39 bits per heavy atom. The highest BCUT2D eigenvalue weighted by atomic mass is 16.7. The van der Waals surface area contributed by atoms with Gasteiger partial charge in [-0.3, -0.25) is 4.79 Å². The Bertz CT molecular complexity index is 2390. The van der Waals surface area contributed by atoms with Gasteiger partial charge in [0.25, 0.3) is 0 Å². The van der Waals surface area contributed by atoms with Crippen molar-refractivity contribution in [3.8, 4) is 23.0 Å². The third-order valence-electron chi connectivity index (χ3n) is 16.9. The van der Waals surface area contributed by atoms with Gasteiger partial charge < -0.3 is 49.0 Å². The second-order valence-electron chi connectivity index (χ2n) is 22.8. The Hall–Kier alpha value is -5.37. The van der Waals surface area contributed by atoms with E-state index in [9.17, 15) is 15.0 Å². The average molecular weight is 1100 g/mol. The van der Waals surface area contributed by atoms with Crippen LogP contribution in [0.3, 0.4) is 0 Å². The first-order chi connectivity index (χ1) is 39.3. The molecule has 7 rings (SSSR count). The van der Waals surface area contributed by atoms with E-state index in [4.69, 9.17) is 33.7 Å². The molecular weight excluding hydrogens is 1010 g/mol. The molecule has 2 heterocycles. The lowest BCUT2D eigenvalue weighted by atomic mass is 9.55. The molecule has 4 aliphatic rings. The number of ether oxygens (including phenoxy) is 5. The number of unbranched alkanes of at least 4 members (excludes halogenated alkanes) is 19. The molecule has 2 aliphatic carbocycles. The van der Waals surface area contributed by atoms with E-state index in [2.05, 4.69) is 31.8 Å². The van der Waals surface area contributed by atoms with Gasteiger partial charge in [0.05, 0.1) is 18.2 Å². The third-order valence-corrected chi connectivity index (χ3v) is 16.9. The summed E-state index contributed by atoms with van der Waals surface area (Å²) in [5.74, 6) is 0.0383. The highest BCUT2D eigenvalue weighted by molar-refractivity contribution is 6.03. The number of oxime groups is 1. The van der Waals surface area contributed by atoms with E-state index in [0.717, 1.165) is 98.6 Å². The van der Waals surface area contributed by atoms with Crippen molar-refractivity contribution in [1.82, 2.24) is 10.2 Å². The van der Waals surface area contributed by atoms with E-state index in [1.54, 1.807) is 12.1 Å². The van der Waals surface area contributed by atoms with Gasteiger partial charge >= 0.3 is 6.09 Å². The minimum atomic E-state index is -1.46. The lowest BCUT2D eigenvalue weighted by Gasteiger charge is -2.60. The Morgan fingerprint density at radius 3 is 2.08 bits per heavy atom. The summed E-state index contributed by atoms with van der Waals surface area (Å²) in [7, 11) is 0. The number of amides is 2. The van der Waals surface area contributed by atoms with E-state index in [0.29, 0.717) is 48.8 Å². The molecule has 0 radical (unpaired) electrons. The van der Waals surface area contributed by atoms with Crippen molar-refractivity contribution >= 4 is 17.7 Å². The number of aliphatic hydroxyl groups is 2. The maximum absolute atomic E-state index is 15.5. The van der Waals surface area contributed by atoms with Crippen molar-refractivity contribution in [3.05, 3.63) is 108 Å². The quantitative estimate of drug-likeness (QED) is 0.0285. The van der Waals surface area contributed by atoms with Gasteiger partial charge in [-0.1, -0.05) is 190 Å². The molecule has 0 bridgehead atoms. The molecule has 440 valence electrons. The molecule has 3 aromatic carbocycles. The zero-order valence-electron chi connectivity index (χ0n) is 48.7. The monoisotopic (exact) mass is 1100 g/mol. The Labute approximate surface area is 479 Å². The number of allylic oxidation sites excluding steroid dienone is 1. The van der Waals surface area contributed by atoms with Crippen LogP contribution in [0, 0.1) is 17.8 Å². The predicted octanol–water partition coefficient (Wildman–Crippen LogP) is 15.2. The van der Waals surface area contributed by atoms with Gasteiger partial charge in [0.1, 0.15) is 24.1 Å². The van der Waals surface area contributed by atoms with Crippen LogP contribution in [0.2, 0.25) is 0 Å². The van der Waals surface area contributed by atoms with Crippen molar-refractivity contribution in [2.24, 2.45) is 22.9 Å². The molecule has 2 amide bonds. The van der Waals surface area contributed by atoms with E-state index in [1.165, 1.54) is 77.0 Å². The van der Waals surface area contributed by atoms with Crippen molar-refractivity contribution in [2.75, 3.05) is 33.2 Å². The average Bonchev–Trinajstić information content (AvgIpc) is 4.05. The molecule has 6 unspecified atom stereocenters. The summed E-state index contributed by atoms with van der Waals surface area (Å²) >= 11 is 0. The normalized spacial score (nSPS) is 21.0. The van der Waals surface area contributed by atoms with Crippen molar-refractivity contribution in [3.63, 3.8) is 0 Å². The van der Waals surface area contributed by atoms with Gasteiger partial charge in [0, 0.05) is 50.6 Å². The van der Waals surface area contributed by atoms with Gasteiger partial charge in [-0.2, -0.15) is 0 Å². The van der Waals surface area contributed by atoms with Gasteiger partial charge in [-0.05, 0) is 97.4 Å². The molecule has 0 aromatic heterocycles. The van der Waals surface area contributed by atoms with Crippen LogP contribution in [-0.2, 0) is 27.5 Å². The van der Waals surface area contributed by atoms with E-state index >= 15 is 4.79 Å². The molecule has 2 aliphatic heterocycles. The first-order valence-electron chi connectivity index (χ1n) is 31.2. The lowest BCUT2D eigenvalue weighted by molar-refractivity contribution is -0.258.